The molecule has 2 unspecified atom stereocenters. The van der Waals surface area contributed by atoms with E-state index in [-0.39, 0.29) is 0 Å². The highest BCUT2D eigenvalue weighted by atomic mass is 15.2. The first-order chi connectivity index (χ1) is 31.2. The highest BCUT2D eigenvalue weighted by molar-refractivity contribution is 5.96. The van der Waals surface area contributed by atoms with Crippen LogP contribution in [0.25, 0.3) is 39.1 Å². The van der Waals surface area contributed by atoms with Gasteiger partial charge in [0, 0.05) is 40.2 Å². The van der Waals surface area contributed by atoms with E-state index in [2.05, 4.69) is 217 Å². The standard InChI is InChI=1S/C60H47N3/c1-3-5-19-43(4-2)59-61-41-40-56(62-59)48-24-17-27-50(42-48)60(49-25-13-8-14-26-49)54-29-16-15-28-53(54)58-55(60)30-18-31-57(58)63(51-36-32-46(33-37-51)44-20-9-6-10-21-44)52-38-34-47(35-39-52)45-22-11-7-12-23-45/h3-34,36-42,47H,1,35H2,2H3. The van der Waals surface area contributed by atoms with Gasteiger partial charge < -0.3 is 4.90 Å². The Morgan fingerprint density at radius 3 is 2.08 bits per heavy atom. The van der Waals surface area contributed by atoms with Gasteiger partial charge in [0.2, 0.25) is 0 Å². The zero-order chi connectivity index (χ0) is 42.6. The Bertz CT molecular complexity index is 3050. The van der Waals surface area contributed by atoms with Crippen LogP contribution in [0.4, 0.5) is 11.4 Å². The van der Waals surface area contributed by atoms with Gasteiger partial charge in [0.05, 0.1) is 16.8 Å². The first kappa shape index (κ1) is 39.3. The van der Waals surface area contributed by atoms with E-state index in [0.29, 0.717) is 11.7 Å². The third-order valence-corrected chi connectivity index (χ3v) is 12.5. The third kappa shape index (κ3) is 7.18. The number of nitrogens with zero attached hydrogens (tertiary/aromatic N) is 3. The smallest absolute Gasteiger partial charge is 0.159 e. The number of aromatic nitrogens is 2. The minimum Gasteiger partial charge on any atom is -0.310 e. The summed E-state index contributed by atoms with van der Waals surface area (Å²) in [5.74, 6) is 0.993. The minimum absolute atomic E-state index is 0.316. The maximum Gasteiger partial charge on any atom is 0.159 e. The molecule has 1 heterocycles. The number of fused-ring (bicyclic) bond motifs is 3. The van der Waals surface area contributed by atoms with Gasteiger partial charge in [-0.3, -0.25) is 0 Å². The van der Waals surface area contributed by atoms with Crippen LogP contribution in [0.2, 0.25) is 0 Å². The van der Waals surface area contributed by atoms with Crippen molar-refractivity contribution in [3.05, 3.63) is 283 Å². The lowest BCUT2D eigenvalue weighted by Crippen LogP contribution is -2.28. The van der Waals surface area contributed by atoms with Crippen LogP contribution < -0.4 is 4.90 Å². The largest absolute Gasteiger partial charge is 0.310 e. The van der Waals surface area contributed by atoms with Crippen LogP contribution in [-0.4, -0.2) is 9.97 Å². The van der Waals surface area contributed by atoms with Crippen molar-refractivity contribution in [3.8, 4) is 33.5 Å². The van der Waals surface area contributed by atoms with E-state index in [1.807, 2.05) is 37.4 Å². The van der Waals surface area contributed by atoms with Crippen molar-refractivity contribution in [2.75, 3.05) is 4.90 Å². The number of benzene rings is 7. The molecule has 8 aromatic rings. The van der Waals surface area contributed by atoms with Crippen LogP contribution in [0.15, 0.2) is 249 Å². The Balaban J connectivity index is 1.17. The van der Waals surface area contributed by atoms with Gasteiger partial charge in [0.25, 0.3) is 0 Å². The van der Waals surface area contributed by atoms with Crippen molar-refractivity contribution in [2.24, 2.45) is 0 Å². The quantitative estimate of drug-likeness (QED) is 0.122. The molecule has 302 valence electrons. The molecule has 0 radical (unpaired) electrons. The number of allylic oxidation sites excluding steroid dienone is 8. The maximum atomic E-state index is 5.11. The molecule has 2 aliphatic carbocycles. The van der Waals surface area contributed by atoms with Crippen molar-refractivity contribution >= 4 is 16.9 Å². The summed E-state index contributed by atoms with van der Waals surface area (Å²) in [4.78, 5) is 12.2. The van der Waals surface area contributed by atoms with Gasteiger partial charge in [-0.2, -0.15) is 0 Å². The van der Waals surface area contributed by atoms with Crippen molar-refractivity contribution in [2.45, 2.75) is 24.7 Å². The zero-order valence-electron chi connectivity index (χ0n) is 35.3. The average Bonchev–Trinajstić information content (AvgIpc) is 3.67. The molecule has 1 aromatic heterocycles. The minimum atomic E-state index is -0.631. The van der Waals surface area contributed by atoms with E-state index in [9.17, 15) is 0 Å². The second-order valence-corrected chi connectivity index (χ2v) is 16.0. The van der Waals surface area contributed by atoms with Crippen LogP contribution in [0.3, 0.4) is 0 Å². The first-order valence-corrected chi connectivity index (χ1v) is 21.7. The molecule has 0 saturated heterocycles. The Morgan fingerprint density at radius 1 is 0.667 bits per heavy atom. The van der Waals surface area contributed by atoms with Gasteiger partial charge in [0.1, 0.15) is 0 Å². The Morgan fingerprint density at radius 2 is 1.33 bits per heavy atom. The third-order valence-electron chi connectivity index (χ3n) is 12.5. The molecule has 0 spiro atoms. The molecule has 3 heteroatoms. The summed E-state index contributed by atoms with van der Waals surface area (Å²) >= 11 is 0. The highest BCUT2D eigenvalue weighted by Crippen LogP contribution is 2.59. The molecule has 2 aliphatic rings. The van der Waals surface area contributed by atoms with E-state index < -0.39 is 5.41 Å². The van der Waals surface area contributed by atoms with E-state index in [1.165, 1.54) is 50.1 Å². The molecular formula is C60H47N3. The zero-order valence-corrected chi connectivity index (χ0v) is 35.3. The highest BCUT2D eigenvalue weighted by Gasteiger charge is 2.47. The normalized spacial score (nSPS) is 16.6. The molecular weight excluding hydrogens is 763 g/mol. The summed E-state index contributed by atoms with van der Waals surface area (Å²) in [7, 11) is 0. The molecule has 0 saturated carbocycles. The first-order valence-electron chi connectivity index (χ1n) is 21.7. The van der Waals surface area contributed by atoms with Crippen LogP contribution in [-0.2, 0) is 5.41 Å². The van der Waals surface area contributed by atoms with Gasteiger partial charge in [-0.25, -0.2) is 9.97 Å². The predicted octanol–water partition coefficient (Wildman–Crippen LogP) is 15.1. The molecule has 0 N–H and O–H groups in total. The number of anilines is 2. The average molecular weight is 810 g/mol. The summed E-state index contributed by atoms with van der Waals surface area (Å²) in [6.45, 7) is 5.86. The van der Waals surface area contributed by atoms with Crippen molar-refractivity contribution in [1.29, 1.82) is 0 Å². The second-order valence-electron chi connectivity index (χ2n) is 16.0. The molecule has 0 bridgehead atoms. The molecule has 0 aliphatic heterocycles. The van der Waals surface area contributed by atoms with Crippen LogP contribution in [0.1, 0.15) is 52.9 Å². The molecule has 2 atom stereocenters. The van der Waals surface area contributed by atoms with E-state index in [4.69, 9.17) is 4.98 Å². The Labute approximate surface area is 371 Å². The maximum absolute atomic E-state index is 5.11. The number of hydrogen-bond acceptors (Lipinski definition) is 3. The van der Waals surface area contributed by atoms with E-state index in [0.717, 1.165) is 40.3 Å². The SMILES string of the molecule is C=CC=CC(=CC)c1nccc(-c2cccc(C3(c4ccccc4)c4ccccc4-c4c(N(C5=CCC(c6ccccc6)C=C5)c5ccc(-c6ccccc6)cc5)cccc43)c2)n1. The van der Waals surface area contributed by atoms with Gasteiger partial charge in [-0.15, -0.1) is 0 Å². The fourth-order valence-corrected chi connectivity index (χ4v) is 9.60. The molecule has 0 amide bonds. The summed E-state index contributed by atoms with van der Waals surface area (Å²) in [5.41, 5.74) is 16.7. The lowest BCUT2D eigenvalue weighted by Gasteiger charge is -2.35. The fourth-order valence-electron chi connectivity index (χ4n) is 9.60. The lowest BCUT2D eigenvalue weighted by atomic mass is 9.67. The van der Waals surface area contributed by atoms with Crippen molar-refractivity contribution < 1.29 is 0 Å². The summed E-state index contributed by atoms with van der Waals surface area (Å²) in [6.07, 6.45) is 17.6. The molecule has 10 rings (SSSR count). The van der Waals surface area contributed by atoms with E-state index >= 15 is 0 Å². The molecule has 7 aromatic carbocycles. The monoisotopic (exact) mass is 809 g/mol. The molecule has 0 fully saturated rings. The van der Waals surface area contributed by atoms with Gasteiger partial charge in [-0.05, 0) is 94.3 Å². The topological polar surface area (TPSA) is 29.0 Å². The van der Waals surface area contributed by atoms with Gasteiger partial charge in [-0.1, -0.05) is 201 Å². The molecule has 63 heavy (non-hydrogen) atoms. The fraction of sp³-hybridized carbons (Fsp3) is 0.0667. The van der Waals surface area contributed by atoms with Gasteiger partial charge in [0.15, 0.2) is 5.82 Å². The Hall–Kier alpha value is -7.88. The summed E-state index contributed by atoms with van der Waals surface area (Å²) in [6, 6.07) is 68.4. The van der Waals surface area contributed by atoms with Crippen molar-refractivity contribution in [1.82, 2.24) is 9.97 Å². The van der Waals surface area contributed by atoms with Gasteiger partial charge >= 0.3 is 0 Å². The van der Waals surface area contributed by atoms with Crippen LogP contribution in [0, 0.1) is 0 Å². The van der Waals surface area contributed by atoms with E-state index in [1.54, 1.807) is 6.08 Å². The summed E-state index contributed by atoms with van der Waals surface area (Å²) in [5, 5.41) is 0. The number of rotatable bonds is 11. The summed E-state index contributed by atoms with van der Waals surface area (Å²) < 4.78 is 0. The Kier molecular flexibility index (Phi) is 10.7. The molecule has 3 nitrogen and oxygen atoms in total. The second kappa shape index (κ2) is 17.2. The lowest BCUT2D eigenvalue weighted by molar-refractivity contribution is 0.768. The number of hydrogen-bond donors (Lipinski definition) is 0. The van der Waals surface area contributed by atoms with Crippen LogP contribution in [0.5, 0.6) is 0 Å². The van der Waals surface area contributed by atoms with Crippen molar-refractivity contribution in [3.63, 3.8) is 0 Å². The predicted molar refractivity (Wildman–Crippen MR) is 263 cm³/mol. The van der Waals surface area contributed by atoms with Crippen LogP contribution >= 0.6 is 0 Å².